The number of ketones is 1. The summed E-state index contributed by atoms with van der Waals surface area (Å²) in [5, 5.41) is 0. The topological polar surface area (TPSA) is 39.2 Å². The van der Waals surface area contributed by atoms with Gasteiger partial charge < -0.3 is 4.74 Å². The molecule has 0 aliphatic heterocycles. The Hall–Kier alpha value is -1.75. The van der Waals surface area contributed by atoms with Crippen LogP contribution in [0, 0.1) is 5.82 Å². The van der Waals surface area contributed by atoms with Gasteiger partial charge in [0.2, 0.25) is 5.88 Å². The van der Waals surface area contributed by atoms with Gasteiger partial charge in [0.15, 0.2) is 5.78 Å². The van der Waals surface area contributed by atoms with Crippen molar-refractivity contribution in [1.29, 1.82) is 0 Å². The second-order valence-corrected chi connectivity index (χ2v) is 4.46. The minimum atomic E-state index is -0.565. The van der Waals surface area contributed by atoms with Gasteiger partial charge in [0.1, 0.15) is 5.82 Å². The van der Waals surface area contributed by atoms with Gasteiger partial charge in [0.25, 0.3) is 0 Å². The lowest BCUT2D eigenvalue weighted by Gasteiger charge is -2.04. The first kappa shape index (κ1) is 12.7. The molecule has 0 radical (unpaired) electrons. The fourth-order valence-corrected chi connectivity index (χ4v) is 1.80. The molecular weight excluding hydrogens is 301 g/mol. The predicted molar refractivity (Wildman–Crippen MR) is 68.3 cm³/mol. The highest BCUT2D eigenvalue weighted by Crippen LogP contribution is 2.18. The number of rotatable bonds is 3. The van der Waals surface area contributed by atoms with Gasteiger partial charge in [-0.3, -0.25) is 4.79 Å². The van der Waals surface area contributed by atoms with Crippen LogP contribution >= 0.6 is 15.9 Å². The maximum Gasteiger partial charge on any atom is 0.212 e. The summed E-state index contributed by atoms with van der Waals surface area (Å²) in [7, 11) is 1.48. The highest BCUT2D eigenvalue weighted by atomic mass is 79.9. The molecule has 2 rings (SSSR count). The van der Waals surface area contributed by atoms with Crippen LogP contribution in [0.5, 0.6) is 5.88 Å². The number of methoxy groups -OCH3 is 1. The average Bonchev–Trinajstić information content (AvgIpc) is 2.38. The monoisotopic (exact) mass is 309 g/mol. The average molecular weight is 310 g/mol. The van der Waals surface area contributed by atoms with E-state index in [4.69, 9.17) is 4.74 Å². The van der Waals surface area contributed by atoms with E-state index in [1.807, 2.05) is 0 Å². The quantitative estimate of drug-likeness (QED) is 0.817. The summed E-state index contributed by atoms with van der Waals surface area (Å²) in [5.41, 5.74) is 0.335. The Bertz CT molecular complexity index is 584. The number of hydrogen-bond acceptors (Lipinski definition) is 3. The van der Waals surface area contributed by atoms with Crippen molar-refractivity contribution in [2.45, 2.75) is 0 Å². The minimum Gasteiger partial charge on any atom is -0.481 e. The molecule has 5 heteroatoms. The second-order valence-electron chi connectivity index (χ2n) is 3.54. The molecule has 0 saturated carbocycles. The number of benzene rings is 1. The van der Waals surface area contributed by atoms with E-state index in [1.54, 1.807) is 18.2 Å². The van der Waals surface area contributed by atoms with Crippen molar-refractivity contribution in [2.24, 2.45) is 0 Å². The van der Waals surface area contributed by atoms with Crippen molar-refractivity contribution in [3.8, 4) is 5.88 Å². The van der Waals surface area contributed by atoms with Gasteiger partial charge >= 0.3 is 0 Å². The number of carbonyl (C=O) groups excluding carboxylic acids is 1. The molecule has 0 bridgehead atoms. The summed E-state index contributed by atoms with van der Waals surface area (Å²) >= 11 is 3.14. The van der Waals surface area contributed by atoms with Gasteiger partial charge in [0.05, 0.1) is 12.7 Å². The summed E-state index contributed by atoms with van der Waals surface area (Å²) < 4.78 is 19.1. The summed E-state index contributed by atoms with van der Waals surface area (Å²) in [6.45, 7) is 0. The molecule has 0 unspecified atom stereocenters. The first-order valence-corrected chi connectivity index (χ1v) is 5.91. The zero-order chi connectivity index (χ0) is 13.1. The largest absolute Gasteiger partial charge is 0.481 e. The maximum absolute atomic E-state index is 13.6. The van der Waals surface area contributed by atoms with E-state index in [-0.39, 0.29) is 5.56 Å². The molecule has 0 fully saturated rings. The molecule has 0 spiro atoms. The number of aromatic nitrogens is 1. The molecule has 18 heavy (non-hydrogen) atoms. The lowest BCUT2D eigenvalue weighted by Crippen LogP contribution is -2.05. The lowest BCUT2D eigenvalue weighted by molar-refractivity contribution is 0.103. The van der Waals surface area contributed by atoms with E-state index in [2.05, 4.69) is 20.9 Å². The molecular formula is C13H9BrFNO2. The molecule has 0 atom stereocenters. The van der Waals surface area contributed by atoms with Crippen LogP contribution in [-0.4, -0.2) is 17.9 Å². The summed E-state index contributed by atoms with van der Waals surface area (Å²) in [5.74, 6) is -0.567. The molecule has 0 aliphatic rings. The minimum absolute atomic E-state index is 0.0187. The van der Waals surface area contributed by atoms with Gasteiger partial charge in [-0.1, -0.05) is 15.9 Å². The smallest absolute Gasteiger partial charge is 0.212 e. The van der Waals surface area contributed by atoms with Crippen molar-refractivity contribution >= 4 is 21.7 Å². The maximum atomic E-state index is 13.6. The van der Waals surface area contributed by atoms with E-state index in [9.17, 15) is 9.18 Å². The highest BCUT2D eigenvalue weighted by molar-refractivity contribution is 9.10. The predicted octanol–water partition coefficient (Wildman–Crippen LogP) is 3.22. The molecule has 0 N–H and O–H groups in total. The molecule has 1 aromatic heterocycles. The van der Waals surface area contributed by atoms with Gasteiger partial charge in [-0.2, -0.15) is 0 Å². The zero-order valence-corrected chi connectivity index (χ0v) is 11.1. The fraction of sp³-hybridized carbons (Fsp3) is 0.0769. The van der Waals surface area contributed by atoms with Gasteiger partial charge in [-0.25, -0.2) is 9.37 Å². The molecule has 1 aromatic carbocycles. The van der Waals surface area contributed by atoms with E-state index < -0.39 is 11.6 Å². The molecule has 1 heterocycles. The van der Waals surface area contributed by atoms with E-state index in [0.717, 1.165) is 0 Å². The zero-order valence-electron chi connectivity index (χ0n) is 9.48. The van der Waals surface area contributed by atoms with Crippen LogP contribution in [0.25, 0.3) is 0 Å². The number of nitrogens with zero attached hydrogens (tertiary/aromatic N) is 1. The van der Waals surface area contributed by atoms with E-state index >= 15 is 0 Å². The van der Waals surface area contributed by atoms with Crippen LogP contribution in [0.2, 0.25) is 0 Å². The Morgan fingerprint density at radius 3 is 2.67 bits per heavy atom. The molecule has 0 saturated heterocycles. The third kappa shape index (κ3) is 2.56. The van der Waals surface area contributed by atoms with Crippen LogP contribution in [0.3, 0.4) is 0 Å². The normalized spacial score (nSPS) is 10.2. The van der Waals surface area contributed by atoms with Crippen LogP contribution in [0.1, 0.15) is 15.9 Å². The van der Waals surface area contributed by atoms with Crippen molar-refractivity contribution in [3.63, 3.8) is 0 Å². The second kappa shape index (κ2) is 5.27. The van der Waals surface area contributed by atoms with E-state index in [0.29, 0.717) is 15.9 Å². The molecule has 3 nitrogen and oxygen atoms in total. The third-order valence-corrected chi connectivity index (χ3v) is 2.88. The summed E-state index contributed by atoms with van der Waals surface area (Å²) in [4.78, 5) is 16.0. The van der Waals surface area contributed by atoms with E-state index in [1.165, 1.54) is 25.4 Å². The van der Waals surface area contributed by atoms with Crippen molar-refractivity contribution in [3.05, 3.63) is 57.9 Å². The standard InChI is InChI=1S/C13H9BrFNO2/c1-18-12-5-2-8(7-16-12)13(17)10-4-3-9(14)6-11(10)15/h2-7H,1H3. The van der Waals surface area contributed by atoms with Crippen molar-refractivity contribution in [1.82, 2.24) is 4.98 Å². The van der Waals surface area contributed by atoms with Gasteiger partial charge in [-0.15, -0.1) is 0 Å². The number of pyridine rings is 1. The van der Waals surface area contributed by atoms with Crippen LogP contribution in [0.4, 0.5) is 4.39 Å². The van der Waals surface area contributed by atoms with Crippen LogP contribution < -0.4 is 4.74 Å². The molecule has 0 amide bonds. The first-order valence-electron chi connectivity index (χ1n) is 5.11. The molecule has 92 valence electrons. The van der Waals surface area contributed by atoms with Crippen LogP contribution in [0.15, 0.2) is 41.0 Å². The van der Waals surface area contributed by atoms with Gasteiger partial charge in [-0.05, 0) is 24.3 Å². The SMILES string of the molecule is COc1ccc(C(=O)c2ccc(Br)cc2F)cn1. The van der Waals surface area contributed by atoms with Crippen molar-refractivity contribution in [2.75, 3.05) is 7.11 Å². The number of ether oxygens (including phenoxy) is 1. The number of hydrogen-bond donors (Lipinski definition) is 0. The Morgan fingerprint density at radius 1 is 1.33 bits per heavy atom. The Kier molecular flexibility index (Phi) is 3.72. The summed E-state index contributed by atoms with van der Waals surface area (Å²) in [6.07, 6.45) is 1.36. The Morgan fingerprint density at radius 2 is 2.11 bits per heavy atom. The molecule has 0 aliphatic carbocycles. The first-order chi connectivity index (χ1) is 8.61. The number of carbonyl (C=O) groups is 1. The Labute approximate surface area is 112 Å². The van der Waals surface area contributed by atoms with Crippen LogP contribution in [-0.2, 0) is 0 Å². The lowest BCUT2D eigenvalue weighted by atomic mass is 10.0. The van der Waals surface area contributed by atoms with Gasteiger partial charge in [0, 0.05) is 22.3 Å². The van der Waals surface area contributed by atoms with Crippen molar-refractivity contribution < 1.29 is 13.9 Å². The molecule has 2 aromatic rings. The Balaban J connectivity index is 2.35. The highest BCUT2D eigenvalue weighted by Gasteiger charge is 2.14. The fourth-order valence-electron chi connectivity index (χ4n) is 1.46. The summed E-state index contributed by atoms with van der Waals surface area (Å²) in [6, 6.07) is 7.42. The third-order valence-electron chi connectivity index (χ3n) is 2.38. The number of halogens is 2.